The monoisotopic (exact) mass is 271 g/mol. The first-order chi connectivity index (χ1) is 8.63. The molecule has 0 spiro atoms. The van der Waals surface area contributed by atoms with Crippen LogP contribution in [0.1, 0.15) is 19.8 Å². The van der Waals surface area contributed by atoms with Crippen LogP contribution in [0.4, 0.5) is 5.82 Å². The smallest absolute Gasteiger partial charge is 0.199 e. The number of hydrogen-bond acceptors (Lipinski definition) is 5. The third-order valence-electron chi connectivity index (χ3n) is 3.47. The summed E-state index contributed by atoms with van der Waals surface area (Å²) < 4.78 is 5.26. The van der Waals surface area contributed by atoms with Crippen LogP contribution in [-0.2, 0) is 0 Å². The SMILES string of the molecule is COc1c(Cl)ncnc1N1CCC(C(C)O)CC1. The van der Waals surface area contributed by atoms with Crippen LogP contribution in [0.25, 0.3) is 0 Å². The minimum Gasteiger partial charge on any atom is -0.490 e. The molecular weight excluding hydrogens is 254 g/mol. The van der Waals surface area contributed by atoms with Gasteiger partial charge in [0.2, 0.25) is 0 Å². The number of methoxy groups -OCH3 is 1. The lowest BCUT2D eigenvalue weighted by Crippen LogP contribution is -2.37. The van der Waals surface area contributed by atoms with E-state index in [0.29, 0.717) is 16.8 Å². The van der Waals surface area contributed by atoms with Gasteiger partial charge < -0.3 is 14.7 Å². The minimum atomic E-state index is -0.247. The highest BCUT2D eigenvalue weighted by Crippen LogP contribution is 2.34. The van der Waals surface area contributed by atoms with Crippen molar-refractivity contribution in [3.05, 3.63) is 11.5 Å². The minimum absolute atomic E-state index is 0.247. The summed E-state index contributed by atoms with van der Waals surface area (Å²) in [5.74, 6) is 1.63. The van der Waals surface area contributed by atoms with E-state index in [-0.39, 0.29) is 6.10 Å². The molecule has 1 aliphatic heterocycles. The van der Waals surface area contributed by atoms with Crippen molar-refractivity contribution in [1.29, 1.82) is 0 Å². The Morgan fingerprint density at radius 2 is 2.11 bits per heavy atom. The molecule has 6 heteroatoms. The van der Waals surface area contributed by atoms with E-state index >= 15 is 0 Å². The number of nitrogens with zero attached hydrogens (tertiary/aromatic N) is 3. The zero-order chi connectivity index (χ0) is 13.1. The number of ether oxygens (including phenoxy) is 1. The molecule has 2 rings (SSSR count). The van der Waals surface area contributed by atoms with Crippen LogP contribution in [0.2, 0.25) is 5.15 Å². The molecule has 0 saturated carbocycles. The number of aliphatic hydroxyl groups is 1. The lowest BCUT2D eigenvalue weighted by atomic mass is 9.92. The van der Waals surface area contributed by atoms with Crippen LogP contribution >= 0.6 is 11.6 Å². The second-order valence-corrected chi connectivity index (χ2v) is 4.94. The second kappa shape index (κ2) is 5.71. The summed E-state index contributed by atoms with van der Waals surface area (Å²) in [6, 6.07) is 0. The molecule has 1 N–H and O–H groups in total. The highest BCUT2D eigenvalue weighted by Gasteiger charge is 2.25. The van der Waals surface area contributed by atoms with Crippen LogP contribution in [0.15, 0.2) is 6.33 Å². The van der Waals surface area contributed by atoms with E-state index < -0.39 is 0 Å². The van der Waals surface area contributed by atoms with Crippen molar-refractivity contribution in [3.63, 3.8) is 0 Å². The normalized spacial score (nSPS) is 18.8. The number of hydrogen-bond donors (Lipinski definition) is 1. The Labute approximate surface area is 112 Å². The lowest BCUT2D eigenvalue weighted by molar-refractivity contribution is 0.109. The topological polar surface area (TPSA) is 58.5 Å². The zero-order valence-corrected chi connectivity index (χ0v) is 11.4. The maximum atomic E-state index is 9.59. The molecule has 1 fully saturated rings. The molecule has 100 valence electrons. The number of aromatic nitrogens is 2. The second-order valence-electron chi connectivity index (χ2n) is 4.59. The first-order valence-corrected chi connectivity index (χ1v) is 6.48. The molecule has 0 radical (unpaired) electrons. The Morgan fingerprint density at radius 1 is 1.44 bits per heavy atom. The first-order valence-electron chi connectivity index (χ1n) is 6.11. The van der Waals surface area contributed by atoms with Gasteiger partial charge >= 0.3 is 0 Å². The van der Waals surface area contributed by atoms with E-state index in [9.17, 15) is 5.11 Å². The Kier molecular flexibility index (Phi) is 4.24. The van der Waals surface area contributed by atoms with Crippen molar-refractivity contribution < 1.29 is 9.84 Å². The Morgan fingerprint density at radius 3 is 2.67 bits per heavy atom. The molecule has 1 atom stereocenters. The fourth-order valence-corrected chi connectivity index (χ4v) is 2.54. The van der Waals surface area contributed by atoms with Crippen molar-refractivity contribution in [3.8, 4) is 5.75 Å². The highest BCUT2D eigenvalue weighted by atomic mass is 35.5. The van der Waals surface area contributed by atoms with Crippen LogP contribution in [0.3, 0.4) is 0 Å². The molecular formula is C12H18ClN3O2. The van der Waals surface area contributed by atoms with Crippen LogP contribution in [0.5, 0.6) is 5.75 Å². The fraction of sp³-hybridized carbons (Fsp3) is 0.667. The number of halogens is 1. The van der Waals surface area contributed by atoms with Gasteiger partial charge in [0, 0.05) is 13.1 Å². The van der Waals surface area contributed by atoms with Gasteiger partial charge in [-0.1, -0.05) is 11.6 Å². The van der Waals surface area contributed by atoms with Crippen molar-refractivity contribution >= 4 is 17.4 Å². The Bertz CT molecular complexity index is 406. The summed E-state index contributed by atoms with van der Waals surface area (Å²) in [6.45, 7) is 3.54. The average Bonchev–Trinajstić information content (AvgIpc) is 2.38. The number of aliphatic hydroxyl groups excluding tert-OH is 1. The van der Waals surface area contributed by atoms with Crippen LogP contribution < -0.4 is 9.64 Å². The molecule has 5 nitrogen and oxygen atoms in total. The van der Waals surface area contributed by atoms with Gasteiger partial charge in [0.25, 0.3) is 0 Å². The Hall–Kier alpha value is -1.07. The number of piperidine rings is 1. The van der Waals surface area contributed by atoms with Crippen LogP contribution in [0, 0.1) is 5.92 Å². The van der Waals surface area contributed by atoms with Gasteiger partial charge in [-0.15, -0.1) is 0 Å². The molecule has 1 unspecified atom stereocenters. The third kappa shape index (κ3) is 2.67. The highest BCUT2D eigenvalue weighted by molar-refractivity contribution is 6.31. The van der Waals surface area contributed by atoms with E-state index in [1.54, 1.807) is 7.11 Å². The van der Waals surface area contributed by atoms with Crippen molar-refractivity contribution in [2.75, 3.05) is 25.1 Å². The maximum absolute atomic E-state index is 9.59. The number of anilines is 1. The summed E-state index contributed by atoms with van der Waals surface area (Å²) in [7, 11) is 1.57. The summed E-state index contributed by atoms with van der Waals surface area (Å²) in [5, 5.41) is 9.92. The molecule has 0 aromatic carbocycles. The van der Waals surface area contributed by atoms with Gasteiger partial charge in [-0.25, -0.2) is 9.97 Å². The third-order valence-corrected chi connectivity index (χ3v) is 3.74. The quantitative estimate of drug-likeness (QED) is 0.849. The van der Waals surface area contributed by atoms with Crippen LogP contribution in [-0.4, -0.2) is 41.4 Å². The summed E-state index contributed by atoms with van der Waals surface area (Å²) >= 11 is 5.99. The maximum Gasteiger partial charge on any atom is 0.199 e. The molecule has 0 bridgehead atoms. The number of rotatable bonds is 3. The molecule has 18 heavy (non-hydrogen) atoms. The van der Waals surface area contributed by atoms with E-state index in [0.717, 1.165) is 31.7 Å². The molecule has 1 aromatic rings. The Balaban J connectivity index is 2.12. The molecule has 1 aliphatic rings. The molecule has 2 heterocycles. The van der Waals surface area contributed by atoms with Gasteiger partial charge in [-0.3, -0.25) is 0 Å². The average molecular weight is 272 g/mol. The van der Waals surface area contributed by atoms with Crippen molar-refractivity contribution in [2.45, 2.75) is 25.9 Å². The molecule has 0 aliphatic carbocycles. The van der Waals surface area contributed by atoms with Gasteiger partial charge in [0.05, 0.1) is 13.2 Å². The summed E-state index contributed by atoms with van der Waals surface area (Å²) in [6.07, 6.45) is 3.09. The predicted octanol–water partition coefficient (Wildman–Crippen LogP) is 1.74. The predicted molar refractivity (Wildman–Crippen MR) is 70.2 cm³/mol. The first kappa shape index (κ1) is 13.4. The standard InChI is InChI=1S/C12H18ClN3O2/c1-8(17)9-3-5-16(6-4-9)12-10(18-2)11(13)14-7-15-12/h7-9,17H,3-6H2,1-2H3. The summed E-state index contributed by atoms with van der Waals surface area (Å²) in [4.78, 5) is 10.3. The van der Waals surface area contributed by atoms with E-state index in [1.165, 1.54) is 6.33 Å². The van der Waals surface area contributed by atoms with E-state index in [1.807, 2.05) is 6.92 Å². The van der Waals surface area contributed by atoms with E-state index in [2.05, 4.69) is 14.9 Å². The largest absolute Gasteiger partial charge is 0.490 e. The van der Waals surface area contributed by atoms with Gasteiger partial charge in [0.1, 0.15) is 6.33 Å². The molecule has 1 saturated heterocycles. The van der Waals surface area contributed by atoms with Gasteiger partial charge in [-0.2, -0.15) is 0 Å². The van der Waals surface area contributed by atoms with Crippen molar-refractivity contribution in [2.24, 2.45) is 5.92 Å². The zero-order valence-electron chi connectivity index (χ0n) is 10.6. The lowest BCUT2D eigenvalue weighted by Gasteiger charge is -2.34. The van der Waals surface area contributed by atoms with E-state index in [4.69, 9.17) is 16.3 Å². The molecule has 1 aromatic heterocycles. The van der Waals surface area contributed by atoms with Gasteiger partial charge in [0.15, 0.2) is 16.7 Å². The molecule has 0 amide bonds. The fourth-order valence-electron chi connectivity index (χ4n) is 2.34. The van der Waals surface area contributed by atoms with Gasteiger partial charge in [-0.05, 0) is 25.7 Å². The van der Waals surface area contributed by atoms with Crippen molar-refractivity contribution in [1.82, 2.24) is 9.97 Å². The summed E-state index contributed by atoms with van der Waals surface area (Å²) in [5.41, 5.74) is 0.